The fourth-order valence-electron chi connectivity index (χ4n) is 2.63. The van der Waals surface area contributed by atoms with Crippen molar-refractivity contribution in [3.63, 3.8) is 0 Å². The Kier molecular flexibility index (Phi) is 5.95. The standard InChI is InChI=1S/C18H18F2N4S2/c19-13-5-1-3-7-15(13)21-17(25)23-9-11-24(12-10-23)18(26)22-16-8-4-2-6-14(16)20/h1-8H,9-12H2,(H,21,25)(H,22,26). The topological polar surface area (TPSA) is 30.5 Å². The van der Waals surface area contributed by atoms with E-state index in [4.69, 9.17) is 24.4 Å². The van der Waals surface area contributed by atoms with Gasteiger partial charge in [0.1, 0.15) is 11.6 Å². The number of piperazine rings is 1. The summed E-state index contributed by atoms with van der Waals surface area (Å²) >= 11 is 10.7. The van der Waals surface area contributed by atoms with Gasteiger partial charge >= 0.3 is 0 Å². The van der Waals surface area contributed by atoms with Gasteiger partial charge in [-0.2, -0.15) is 0 Å². The minimum atomic E-state index is -0.344. The number of hydrogen-bond acceptors (Lipinski definition) is 2. The molecule has 0 bridgehead atoms. The molecule has 0 saturated carbocycles. The molecule has 0 aromatic heterocycles. The Morgan fingerprint density at radius 1 is 0.692 bits per heavy atom. The van der Waals surface area contributed by atoms with Crippen LogP contribution in [0.4, 0.5) is 20.2 Å². The molecule has 1 saturated heterocycles. The first-order valence-corrected chi connectivity index (χ1v) is 8.97. The molecular weight excluding hydrogens is 374 g/mol. The normalized spacial score (nSPS) is 14.1. The van der Waals surface area contributed by atoms with Crippen molar-refractivity contribution in [3.05, 3.63) is 60.2 Å². The number of benzene rings is 2. The fraction of sp³-hybridized carbons (Fsp3) is 0.222. The molecule has 1 fully saturated rings. The highest BCUT2D eigenvalue weighted by Crippen LogP contribution is 2.16. The molecule has 26 heavy (non-hydrogen) atoms. The predicted molar refractivity (Wildman–Crippen MR) is 108 cm³/mol. The van der Waals surface area contributed by atoms with Gasteiger partial charge in [-0.3, -0.25) is 0 Å². The van der Waals surface area contributed by atoms with Crippen LogP contribution in [0.15, 0.2) is 48.5 Å². The first kappa shape index (κ1) is 18.5. The Hall–Kier alpha value is -2.32. The molecule has 136 valence electrons. The van der Waals surface area contributed by atoms with Gasteiger partial charge in [0.15, 0.2) is 10.2 Å². The molecule has 0 atom stereocenters. The third kappa shape index (κ3) is 4.44. The van der Waals surface area contributed by atoms with Crippen molar-refractivity contribution in [2.45, 2.75) is 0 Å². The van der Waals surface area contributed by atoms with Crippen LogP contribution in [0.25, 0.3) is 0 Å². The zero-order valence-corrected chi connectivity index (χ0v) is 15.5. The van der Waals surface area contributed by atoms with Crippen molar-refractivity contribution < 1.29 is 8.78 Å². The van der Waals surface area contributed by atoms with E-state index < -0.39 is 0 Å². The molecule has 1 aliphatic heterocycles. The summed E-state index contributed by atoms with van der Waals surface area (Å²) in [5.74, 6) is -0.687. The summed E-state index contributed by atoms with van der Waals surface area (Å²) in [5, 5.41) is 6.82. The fourth-order valence-corrected chi connectivity index (χ4v) is 3.21. The Morgan fingerprint density at radius 2 is 1.04 bits per heavy atom. The highest BCUT2D eigenvalue weighted by molar-refractivity contribution is 7.80. The number of nitrogens with one attached hydrogen (secondary N) is 2. The van der Waals surface area contributed by atoms with E-state index in [2.05, 4.69) is 10.6 Å². The number of rotatable bonds is 2. The van der Waals surface area contributed by atoms with Gasteiger partial charge in [-0.25, -0.2) is 8.78 Å². The molecule has 0 amide bonds. The summed E-state index contributed by atoms with van der Waals surface area (Å²) in [4.78, 5) is 3.92. The van der Waals surface area contributed by atoms with Gasteiger partial charge in [0.25, 0.3) is 0 Å². The highest BCUT2D eigenvalue weighted by atomic mass is 32.1. The van der Waals surface area contributed by atoms with Crippen molar-refractivity contribution in [1.82, 2.24) is 9.80 Å². The largest absolute Gasteiger partial charge is 0.345 e. The van der Waals surface area contributed by atoms with Crippen LogP contribution in [0.2, 0.25) is 0 Å². The average molecular weight is 393 g/mol. The second-order valence-electron chi connectivity index (χ2n) is 5.79. The molecule has 2 N–H and O–H groups in total. The lowest BCUT2D eigenvalue weighted by Crippen LogP contribution is -2.52. The minimum Gasteiger partial charge on any atom is -0.345 e. The molecule has 8 heteroatoms. The van der Waals surface area contributed by atoms with E-state index in [1.54, 1.807) is 36.4 Å². The van der Waals surface area contributed by atoms with Crippen LogP contribution < -0.4 is 10.6 Å². The number of para-hydroxylation sites is 2. The van der Waals surface area contributed by atoms with Crippen molar-refractivity contribution in [3.8, 4) is 0 Å². The van der Waals surface area contributed by atoms with Crippen LogP contribution >= 0.6 is 24.4 Å². The third-order valence-electron chi connectivity index (χ3n) is 4.09. The van der Waals surface area contributed by atoms with Gasteiger partial charge in [0.05, 0.1) is 11.4 Å². The molecule has 0 unspecified atom stereocenters. The number of halogens is 2. The highest BCUT2D eigenvalue weighted by Gasteiger charge is 2.21. The maximum Gasteiger partial charge on any atom is 0.173 e. The molecule has 0 radical (unpaired) electrons. The molecule has 2 aromatic carbocycles. The molecule has 1 aliphatic rings. The van der Waals surface area contributed by atoms with Crippen molar-refractivity contribution >= 4 is 46.0 Å². The number of thiocarbonyl (C=S) groups is 2. The second kappa shape index (κ2) is 8.37. The van der Waals surface area contributed by atoms with E-state index in [1.165, 1.54) is 12.1 Å². The Labute approximate surface area is 161 Å². The molecule has 2 aromatic rings. The lowest BCUT2D eigenvalue weighted by molar-refractivity contribution is 0.264. The molecule has 1 heterocycles. The molecule has 4 nitrogen and oxygen atoms in total. The number of hydrogen-bond donors (Lipinski definition) is 2. The van der Waals surface area contributed by atoms with Crippen molar-refractivity contribution in [2.75, 3.05) is 36.8 Å². The molecule has 0 spiro atoms. The van der Waals surface area contributed by atoms with Crippen LogP contribution in [0.5, 0.6) is 0 Å². The summed E-state index contributed by atoms with van der Waals surface area (Å²) in [6, 6.07) is 12.8. The molecular formula is C18H18F2N4S2. The lowest BCUT2D eigenvalue weighted by Gasteiger charge is -2.37. The zero-order valence-electron chi connectivity index (χ0n) is 13.9. The van der Waals surface area contributed by atoms with Crippen LogP contribution in [0, 0.1) is 11.6 Å². The monoisotopic (exact) mass is 392 g/mol. The first-order chi connectivity index (χ1) is 12.5. The summed E-state index contributed by atoms with van der Waals surface area (Å²) in [6.07, 6.45) is 0. The van der Waals surface area contributed by atoms with Gasteiger partial charge in [-0.1, -0.05) is 24.3 Å². The van der Waals surface area contributed by atoms with Crippen LogP contribution in [0.1, 0.15) is 0 Å². The lowest BCUT2D eigenvalue weighted by atomic mass is 10.3. The predicted octanol–water partition coefficient (Wildman–Crippen LogP) is 3.68. The van der Waals surface area contributed by atoms with Gasteiger partial charge in [0, 0.05) is 26.2 Å². The average Bonchev–Trinajstić information content (AvgIpc) is 2.65. The minimum absolute atomic E-state index is 0.344. The first-order valence-electron chi connectivity index (χ1n) is 8.15. The van der Waals surface area contributed by atoms with Gasteiger partial charge < -0.3 is 20.4 Å². The van der Waals surface area contributed by atoms with E-state index in [0.29, 0.717) is 47.8 Å². The van der Waals surface area contributed by atoms with Gasteiger partial charge in [-0.05, 0) is 48.7 Å². The number of anilines is 2. The van der Waals surface area contributed by atoms with Gasteiger partial charge in [0.2, 0.25) is 0 Å². The zero-order chi connectivity index (χ0) is 18.5. The van der Waals surface area contributed by atoms with Crippen LogP contribution in [-0.2, 0) is 0 Å². The smallest absolute Gasteiger partial charge is 0.173 e. The van der Waals surface area contributed by atoms with E-state index in [0.717, 1.165) is 0 Å². The molecule has 0 aliphatic carbocycles. The Morgan fingerprint density at radius 3 is 1.38 bits per heavy atom. The van der Waals surface area contributed by atoms with Crippen molar-refractivity contribution in [1.29, 1.82) is 0 Å². The Bertz CT molecular complexity index is 740. The maximum absolute atomic E-state index is 13.7. The summed E-state index contributed by atoms with van der Waals surface area (Å²) in [5.41, 5.74) is 0.716. The van der Waals surface area contributed by atoms with Crippen LogP contribution in [0.3, 0.4) is 0 Å². The Balaban J connectivity index is 1.52. The summed E-state index contributed by atoms with van der Waals surface area (Å²) in [7, 11) is 0. The van der Waals surface area contributed by atoms with E-state index in [9.17, 15) is 8.78 Å². The third-order valence-corrected chi connectivity index (χ3v) is 4.81. The second-order valence-corrected chi connectivity index (χ2v) is 6.57. The SMILES string of the molecule is Fc1ccccc1NC(=S)N1CCN(C(=S)Nc2ccccc2F)CC1. The van der Waals surface area contributed by atoms with E-state index >= 15 is 0 Å². The van der Waals surface area contributed by atoms with E-state index in [1.807, 2.05) is 9.80 Å². The molecule has 3 rings (SSSR count). The summed E-state index contributed by atoms with van der Waals surface area (Å²) in [6.45, 7) is 2.55. The van der Waals surface area contributed by atoms with Gasteiger partial charge in [-0.15, -0.1) is 0 Å². The number of nitrogens with zero attached hydrogens (tertiary/aromatic N) is 2. The maximum atomic E-state index is 13.7. The van der Waals surface area contributed by atoms with Crippen molar-refractivity contribution in [2.24, 2.45) is 0 Å². The van der Waals surface area contributed by atoms with Crippen LogP contribution in [-0.4, -0.2) is 46.2 Å². The summed E-state index contributed by atoms with van der Waals surface area (Å²) < 4.78 is 27.4. The van der Waals surface area contributed by atoms with E-state index in [-0.39, 0.29) is 11.6 Å². The quantitative estimate of drug-likeness (QED) is 0.759.